The second-order valence-corrected chi connectivity index (χ2v) is 9.58. The molecule has 42 heavy (non-hydrogen) atoms. The molecule has 5 rings (SSSR count). The van der Waals surface area contributed by atoms with Crippen molar-refractivity contribution in [3.05, 3.63) is 65.7 Å². The number of para-hydroxylation sites is 2. The summed E-state index contributed by atoms with van der Waals surface area (Å²) in [6.07, 6.45) is -0.274. The maximum absolute atomic E-state index is 13.1. The number of anilines is 3. The number of fused-ring (bicyclic) bond motifs is 1. The van der Waals surface area contributed by atoms with Gasteiger partial charge in [-0.2, -0.15) is 0 Å². The van der Waals surface area contributed by atoms with Gasteiger partial charge >= 0.3 is 6.09 Å². The Balaban J connectivity index is 1.31. The zero-order valence-corrected chi connectivity index (χ0v) is 22.2. The molecule has 216 valence electrons. The number of carbonyl (C=O) groups is 5. The van der Waals surface area contributed by atoms with Crippen LogP contribution in [0.4, 0.5) is 22.1 Å². The molecular weight excluding hydrogens is 548 g/mol. The number of aromatic nitrogens is 4. The molecule has 5 amide bonds. The first kappa shape index (κ1) is 27.6. The molecule has 0 unspecified atom stereocenters. The van der Waals surface area contributed by atoms with Crippen LogP contribution in [-0.2, 0) is 9.59 Å². The number of aromatic amines is 2. The van der Waals surface area contributed by atoms with E-state index in [4.69, 9.17) is 11.5 Å². The zero-order chi connectivity index (χ0) is 30.2. The largest absolute Gasteiger partial charge is 0.465 e. The van der Waals surface area contributed by atoms with E-state index in [0.29, 0.717) is 27.4 Å². The first-order valence-electron chi connectivity index (χ1n) is 12.6. The third-order valence-electron chi connectivity index (χ3n) is 7.05. The Morgan fingerprint density at radius 2 is 1.74 bits per heavy atom. The molecule has 4 aromatic rings. The van der Waals surface area contributed by atoms with Gasteiger partial charge in [0.25, 0.3) is 23.6 Å². The van der Waals surface area contributed by atoms with Crippen molar-refractivity contribution in [2.24, 2.45) is 11.5 Å². The van der Waals surface area contributed by atoms with Crippen LogP contribution in [0.1, 0.15) is 26.5 Å². The highest BCUT2D eigenvalue weighted by atomic mass is 16.4. The number of primary amides is 2. The summed E-state index contributed by atoms with van der Waals surface area (Å²) in [7, 11) is 0. The minimum absolute atomic E-state index is 0.0761. The standard InChI is InChI=1S/C26H26N10O6/c1-13-10-14(35-8-9-36(25(41)42)26(11-35,22(27)39)23(28)40)6-7-15(13)31-20(37)18-19(30-12-29-18)21(38)34-24-32-16-4-2-3-5-17(16)33-24/h2-7,10,12H,8-9,11H2,1H3,(H2,27,39)(H2,28,40)(H,29,30)(H,31,37)(H,41,42)(H2,32,33,34,38). The van der Waals surface area contributed by atoms with E-state index in [1.165, 1.54) is 6.33 Å². The second-order valence-electron chi connectivity index (χ2n) is 9.58. The molecule has 16 nitrogen and oxygen atoms in total. The maximum atomic E-state index is 13.1. The van der Waals surface area contributed by atoms with Crippen LogP contribution in [0.15, 0.2) is 48.8 Å². The molecule has 9 N–H and O–H groups in total. The van der Waals surface area contributed by atoms with Gasteiger partial charge in [0.2, 0.25) is 11.5 Å². The monoisotopic (exact) mass is 574 g/mol. The van der Waals surface area contributed by atoms with E-state index in [-0.39, 0.29) is 37.0 Å². The van der Waals surface area contributed by atoms with E-state index in [2.05, 4.69) is 30.6 Å². The first-order valence-corrected chi connectivity index (χ1v) is 12.6. The number of piperazine rings is 1. The Bertz CT molecular complexity index is 1700. The number of carboxylic acid groups (broad SMARTS) is 1. The average molecular weight is 575 g/mol. The average Bonchev–Trinajstić information content (AvgIpc) is 3.60. The van der Waals surface area contributed by atoms with Crippen molar-refractivity contribution >= 4 is 58.1 Å². The number of carbonyl (C=O) groups excluding carboxylic acids is 4. The number of hydrogen-bond acceptors (Lipinski definition) is 8. The Morgan fingerprint density at radius 3 is 2.40 bits per heavy atom. The number of nitrogens with one attached hydrogen (secondary N) is 4. The fourth-order valence-electron chi connectivity index (χ4n) is 4.86. The number of aryl methyl sites for hydroxylation is 1. The molecule has 1 saturated heterocycles. The van der Waals surface area contributed by atoms with E-state index in [1.807, 2.05) is 18.2 Å². The molecule has 2 aromatic heterocycles. The lowest BCUT2D eigenvalue weighted by Crippen LogP contribution is -2.74. The third kappa shape index (κ3) is 4.80. The molecule has 16 heteroatoms. The summed E-state index contributed by atoms with van der Waals surface area (Å²) in [6.45, 7) is 1.28. The van der Waals surface area contributed by atoms with Crippen molar-refractivity contribution in [2.45, 2.75) is 12.5 Å². The van der Waals surface area contributed by atoms with E-state index in [1.54, 1.807) is 36.1 Å². The number of nitrogens with zero attached hydrogens (tertiary/aromatic N) is 4. The molecular formula is C26H26N10O6. The van der Waals surface area contributed by atoms with Crippen LogP contribution in [0.3, 0.4) is 0 Å². The minimum atomic E-state index is -2.26. The highest BCUT2D eigenvalue weighted by Crippen LogP contribution is 2.29. The molecule has 0 spiro atoms. The van der Waals surface area contributed by atoms with Gasteiger partial charge in [-0.25, -0.2) is 14.8 Å². The summed E-state index contributed by atoms with van der Waals surface area (Å²) in [5.41, 5.74) is 11.4. The van der Waals surface area contributed by atoms with Crippen molar-refractivity contribution in [1.82, 2.24) is 24.8 Å². The minimum Gasteiger partial charge on any atom is -0.465 e. The number of H-pyrrole nitrogens is 2. The summed E-state index contributed by atoms with van der Waals surface area (Å²) < 4.78 is 0. The fraction of sp³-hybridized carbons (Fsp3) is 0.192. The van der Waals surface area contributed by atoms with Crippen molar-refractivity contribution in [1.29, 1.82) is 0 Å². The van der Waals surface area contributed by atoms with Gasteiger partial charge < -0.3 is 36.8 Å². The highest BCUT2D eigenvalue weighted by molar-refractivity contribution is 6.13. The number of nitrogens with two attached hydrogens (primary N) is 2. The summed E-state index contributed by atoms with van der Waals surface area (Å²) in [6, 6.07) is 12.1. The fourth-order valence-corrected chi connectivity index (χ4v) is 4.86. The van der Waals surface area contributed by atoms with Gasteiger partial charge in [-0.15, -0.1) is 0 Å². The van der Waals surface area contributed by atoms with Crippen LogP contribution in [0.2, 0.25) is 0 Å². The number of imidazole rings is 2. The Kier molecular flexibility index (Phi) is 6.95. The van der Waals surface area contributed by atoms with Gasteiger partial charge in [0.05, 0.1) is 23.9 Å². The van der Waals surface area contributed by atoms with Crippen molar-refractivity contribution in [2.75, 3.05) is 35.2 Å². The smallest absolute Gasteiger partial charge is 0.408 e. The van der Waals surface area contributed by atoms with Crippen LogP contribution in [0, 0.1) is 6.92 Å². The van der Waals surface area contributed by atoms with E-state index in [9.17, 15) is 29.1 Å². The summed E-state index contributed by atoms with van der Waals surface area (Å²) in [4.78, 5) is 78.5. The van der Waals surface area contributed by atoms with Gasteiger partial charge in [-0.1, -0.05) is 12.1 Å². The number of benzene rings is 2. The van der Waals surface area contributed by atoms with Crippen LogP contribution in [-0.4, -0.2) is 84.8 Å². The quantitative estimate of drug-likeness (QED) is 0.153. The summed E-state index contributed by atoms with van der Waals surface area (Å²) in [5, 5.41) is 14.9. The highest BCUT2D eigenvalue weighted by Gasteiger charge is 2.54. The van der Waals surface area contributed by atoms with E-state index < -0.39 is 35.3 Å². The molecule has 1 aliphatic rings. The Morgan fingerprint density at radius 1 is 1.00 bits per heavy atom. The maximum Gasteiger partial charge on any atom is 0.408 e. The second kappa shape index (κ2) is 10.6. The van der Waals surface area contributed by atoms with Crippen LogP contribution >= 0.6 is 0 Å². The Hall–Kier alpha value is -5.93. The third-order valence-corrected chi connectivity index (χ3v) is 7.05. The molecule has 0 bridgehead atoms. The van der Waals surface area contributed by atoms with Crippen molar-refractivity contribution < 1.29 is 29.1 Å². The lowest BCUT2D eigenvalue weighted by atomic mass is 9.91. The van der Waals surface area contributed by atoms with Crippen molar-refractivity contribution in [3.8, 4) is 0 Å². The van der Waals surface area contributed by atoms with Gasteiger partial charge in [0, 0.05) is 24.5 Å². The van der Waals surface area contributed by atoms with Gasteiger partial charge in [0.1, 0.15) is 5.69 Å². The first-order chi connectivity index (χ1) is 20.0. The molecule has 0 radical (unpaired) electrons. The molecule has 2 aromatic carbocycles. The summed E-state index contributed by atoms with van der Waals surface area (Å²) in [5.74, 6) is -3.44. The summed E-state index contributed by atoms with van der Waals surface area (Å²) >= 11 is 0. The van der Waals surface area contributed by atoms with Gasteiger partial charge in [-0.3, -0.25) is 29.4 Å². The van der Waals surface area contributed by atoms with E-state index in [0.717, 1.165) is 5.52 Å². The van der Waals surface area contributed by atoms with Crippen LogP contribution in [0.5, 0.6) is 0 Å². The molecule has 1 aliphatic heterocycles. The predicted molar refractivity (Wildman–Crippen MR) is 150 cm³/mol. The lowest BCUT2D eigenvalue weighted by Gasteiger charge is -2.46. The predicted octanol–water partition coefficient (Wildman–Crippen LogP) is 0.608. The van der Waals surface area contributed by atoms with Crippen molar-refractivity contribution in [3.63, 3.8) is 0 Å². The normalized spacial score (nSPS) is 14.4. The molecule has 1 fully saturated rings. The number of hydrogen-bond donors (Lipinski definition) is 7. The van der Waals surface area contributed by atoms with E-state index >= 15 is 0 Å². The Labute approximate surface area is 237 Å². The molecule has 0 saturated carbocycles. The zero-order valence-electron chi connectivity index (χ0n) is 22.2. The molecule has 3 heterocycles. The molecule has 0 aliphatic carbocycles. The topological polar surface area (TPSA) is 246 Å². The van der Waals surface area contributed by atoms with Gasteiger partial charge in [-0.05, 0) is 42.8 Å². The molecule has 0 atom stereocenters. The van der Waals surface area contributed by atoms with Crippen LogP contribution in [0.25, 0.3) is 11.0 Å². The lowest BCUT2D eigenvalue weighted by molar-refractivity contribution is -0.141. The number of rotatable bonds is 7. The van der Waals surface area contributed by atoms with Gasteiger partial charge in [0.15, 0.2) is 5.69 Å². The number of amides is 5. The SMILES string of the molecule is Cc1cc(N2CCN(C(=O)O)C(C(N)=O)(C(N)=O)C2)ccc1NC(=O)c1nc[nH]c1C(=O)Nc1nc2ccccc2[nH]1. The van der Waals surface area contributed by atoms with Crippen LogP contribution < -0.4 is 27.0 Å².